The molecule has 1 atom stereocenters. The van der Waals surface area contributed by atoms with E-state index in [-0.39, 0.29) is 31.8 Å². The number of carboxylic acids is 1. The third-order valence-electron chi connectivity index (χ3n) is 3.27. The smallest absolute Gasteiger partial charge is 0.317 e. The minimum atomic E-state index is -1.48. The molecule has 1 rings (SSSR count). The van der Waals surface area contributed by atoms with E-state index in [2.05, 4.69) is 5.32 Å². The molecule has 0 aromatic heterocycles. The highest BCUT2D eigenvalue weighted by molar-refractivity contribution is 5.75. The average Bonchev–Trinajstić information content (AvgIpc) is 2.21. The van der Waals surface area contributed by atoms with Crippen molar-refractivity contribution < 1.29 is 24.9 Å². The van der Waals surface area contributed by atoms with Gasteiger partial charge in [-0.15, -0.1) is 0 Å². The molecule has 0 aromatic carbocycles. The van der Waals surface area contributed by atoms with Gasteiger partial charge in [-0.05, 0) is 26.2 Å². The highest BCUT2D eigenvalue weighted by atomic mass is 16.4. The van der Waals surface area contributed by atoms with Gasteiger partial charge in [0, 0.05) is 19.1 Å². The predicted molar refractivity (Wildman–Crippen MR) is 67.7 cm³/mol. The summed E-state index contributed by atoms with van der Waals surface area (Å²) in [6, 6.07) is -0.235. The summed E-state index contributed by atoms with van der Waals surface area (Å²) in [6.45, 7) is 1.36. The Labute approximate surface area is 112 Å². The highest BCUT2D eigenvalue weighted by Crippen LogP contribution is 2.24. The topological polar surface area (TPSA) is 110 Å². The van der Waals surface area contributed by atoms with Crippen molar-refractivity contribution in [1.29, 1.82) is 0 Å². The standard InChI is InChI=1S/C12H22N2O5/c1-12(19,7-10(16)17)8-13-11(18)14(5-6-15)9-3-2-4-9/h9,15,19H,2-8H2,1H3,(H,13,18)(H,16,17). The number of aliphatic carboxylic acids is 1. The maximum absolute atomic E-state index is 11.9. The van der Waals surface area contributed by atoms with Crippen molar-refractivity contribution in [3.05, 3.63) is 0 Å². The average molecular weight is 274 g/mol. The monoisotopic (exact) mass is 274 g/mol. The maximum Gasteiger partial charge on any atom is 0.317 e. The third kappa shape index (κ3) is 5.04. The Bertz CT molecular complexity index is 328. The summed E-state index contributed by atoms with van der Waals surface area (Å²) in [7, 11) is 0. The lowest BCUT2D eigenvalue weighted by Gasteiger charge is -2.37. The van der Waals surface area contributed by atoms with Crippen LogP contribution in [0.2, 0.25) is 0 Å². The summed E-state index contributed by atoms with van der Waals surface area (Å²) >= 11 is 0. The molecule has 1 aliphatic rings. The van der Waals surface area contributed by atoms with Crippen LogP contribution in [0.4, 0.5) is 4.79 Å². The van der Waals surface area contributed by atoms with Crippen LogP contribution in [0, 0.1) is 0 Å². The molecule has 1 unspecified atom stereocenters. The summed E-state index contributed by atoms with van der Waals surface area (Å²) in [6.07, 6.45) is 2.46. The lowest BCUT2D eigenvalue weighted by molar-refractivity contribution is -0.141. The number of carbonyl (C=O) groups is 2. The number of hydrogen-bond acceptors (Lipinski definition) is 4. The number of nitrogens with zero attached hydrogens (tertiary/aromatic N) is 1. The number of amides is 2. The van der Waals surface area contributed by atoms with E-state index in [4.69, 9.17) is 10.2 Å². The lowest BCUT2D eigenvalue weighted by atomic mass is 9.91. The predicted octanol–water partition coefficient (Wildman–Crippen LogP) is -0.231. The normalized spacial score (nSPS) is 18.3. The van der Waals surface area contributed by atoms with E-state index in [1.165, 1.54) is 6.92 Å². The van der Waals surface area contributed by atoms with E-state index in [0.29, 0.717) is 0 Å². The molecule has 7 nitrogen and oxygen atoms in total. The molecule has 0 heterocycles. The van der Waals surface area contributed by atoms with E-state index in [1.54, 1.807) is 4.90 Å². The molecule has 1 aliphatic carbocycles. The second-order valence-corrected chi connectivity index (χ2v) is 5.23. The van der Waals surface area contributed by atoms with Crippen molar-refractivity contribution >= 4 is 12.0 Å². The molecule has 0 aliphatic heterocycles. The van der Waals surface area contributed by atoms with Gasteiger partial charge in [0.1, 0.15) is 0 Å². The molecule has 4 N–H and O–H groups in total. The molecule has 0 saturated heterocycles. The second kappa shape index (κ2) is 6.72. The largest absolute Gasteiger partial charge is 0.481 e. The second-order valence-electron chi connectivity index (χ2n) is 5.23. The lowest BCUT2D eigenvalue weighted by Crippen LogP contribution is -2.53. The Morgan fingerprint density at radius 1 is 1.42 bits per heavy atom. The van der Waals surface area contributed by atoms with Crippen LogP contribution in [-0.4, -0.2) is 63.6 Å². The fourth-order valence-electron chi connectivity index (χ4n) is 2.01. The van der Waals surface area contributed by atoms with Gasteiger partial charge in [0.2, 0.25) is 0 Å². The number of rotatable bonds is 7. The van der Waals surface area contributed by atoms with Gasteiger partial charge >= 0.3 is 12.0 Å². The first-order valence-corrected chi connectivity index (χ1v) is 6.45. The maximum atomic E-state index is 11.9. The Kier molecular flexibility index (Phi) is 5.56. The Morgan fingerprint density at radius 2 is 2.05 bits per heavy atom. The van der Waals surface area contributed by atoms with Gasteiger partial charge < -0.3 is 25.5 Å². The third-order valence-corrected chi connectivity index (χ3v) is 3.27. The minimum Gasteiger partial charge on any atom is -0.481 e. The van der Waals surface area contributed by atoms with Gasteiger partial charge in [-0.25, -0.2) is 4.79 Å². The van der Waals surface area contributed by atoms with E-state index >= 15 is 0 Å². The Balaban J connectivity index is 2.45. The van der Waals surface area contributed by atoms with E-state index in [9.17, 15) is 14.7 Å². The Hall–Kier alpha value is -1.34. The van der Waals surface area contributed by atoms with Gasteiger partial charge in [-0.2, -0.15) is 0 Å². The van der Waals surface area contributed by atoms with Gasteiger partial charge in [-0.3, -0.25) is 4.79 Å². The molecule has 7 heteroatoms. The zero-order valence-electron chi connectivity index (χ0n) is 11.1. The van der Waals surface area contributed by atoms with Crippen LogP contribution in [0.15, 0.2) is 0 Å². The molecule has 0 spiro atoms. The van der Waals surface area contributed by atoms with Crippen molar-refractivity contribution in [1.82, 2.24) is 10.2 Å². The molecule has 2 amide bonds. The first-order chi connectivity index (χ1) is 8.85. The van der Waals surface area contributed by atoms with Crippen LogP contribution < -0.4 is 5.32 Å². The van der Waals surface area contributed by atoms with E-state index in [1.807, 2.05) is 0 Å². The van der Waals surface area contributed by atoms with Crippen LogP contribution in [0.3, 0.4) is 0 Å². The quantitative estimate of drug-likeness (QED) is 0.512. The summed E-state index contributed by atoms with van der Waals surface area (Å²) in [5.74, 6) is -1.12. The van der Waals surface area contributed by atoms with Gasteiger partial charge in [-0.1, -0.05) is 0 Å². The summed E-state index contributed by atoms with van der Waals surface area (Å²) in [4.78, 5) is 24.0. The van der Waals surface area contributed by atoms with Crippen molar-refractivity contribution in [2.24, 2.45) is 0 Å². The molecule has 110 valence electrons. The zero-order chi connectivity index (χ0) is 14.5. The number of aliphatic hydroxyl groups is 2. The van der Waals surface area contributed by atoms with Crippen LogP contribution in [0.5, 0.6) is 0 Å². The highest BCUT2D eigenvalue weighted by Gasteiger charge is 2.30. The van der Waals surface area contributed by atoms with Crippen LogP contribution in [0.1, 0.15) is 32.6 Å². The summed E-state index contributed by atoms with van der Waals surface area (Å²) in [5, 5.41) is 29.9. The van der Waals surface area contributed by atoms with Crippen LogP contribution >= 0.6 is 0 Å². The first-order valence-electron chi connectivity index (χ1n) is 6.45. The minimum absolute atomic E-state index is 0.116. The van der Waals surface area contributed by atoms with Crippen molar-refractivity contribution in [2.45, 2.75) is 44.2 Å². The number of nitrogens with one attached hydrogen (secondary N) is 1. The molecular weight excluding hydrogens is 252 g/mol. The SMILES string of the molecule is CC(O)(CNC(=O)N(CCO)C1CCC1)CC(=O)O. The van der Waals surface area contributed by atoms with E-state index in [0.717, 1.165) is 19.3 Å². The first kappa shape index (κ1) is 15.7. The van der Waals surface area contributed by atoms with Crippen molar-refractivity contribution in [3.63, 3.8) is 0 Å². The Morgan fingerprint density at radius 3 is 2.47 bits per heavy atom. The molecular formula is C12H22N2O5. The summed E-state index contributed by atoms with van der Waals surface area (Å²) in [5.41, 5.74) is -1.48. The van der Waals surface area contributed by atoms with Gasteiger partial charge in [0.05, 0.1) is 18.6 Å². The molecule has 1 saturated carbocycles. The van der Waals surface area contributed by atoms with Gasteiger partial charge in [0.15, 0.2) is 0 Å². The number of hydrogen-bond donors (Lipinski definition) is 4. The van der Waals surface area contributed by atoms with Crippen LogP contribution in [0.25, 0.3) is 0 Å². The number of urea groups is 1. The summed E-state index contributed by atoms with van der Waals surface area (Å²) < 4.78 is 0. The van der Waals surface area contributed by atoms with Crippen molar-refractivity contribution in [2.75, 3.05) is 19.7 Å². The zero-order valence-corrected chi connectivity index (χ0v) is 11.1. The van der Waals surface area contributed by atoms with E-state index < -0.39 is 18.0 Å². The fraction of sp³-hybridized carbons (Fsp3) is 0.833. The van der Waals surface area contributed by atoms with Gasteiger partial charge in [0.25, 0.3) is 0 Å². The molecule has 0 aromatic rings. The van der Waals surface area contributed by atoms with Crippen LogP contribution in [-0.2, 0) is 4.79 Å². The molecule has 0 bridgehead atoms. The number of carbonyl (C=O) groups excluding carboxylic acids is 1. The number of aliphatic hydroxyl groups excluding tert-OH is 1. The molecule has 0 radical (unpaired) electrons. The molecule has 1 fully saturated rings. The number of carboxylic acid groups (broad SMARTS) is 1. The molecule has 19 heavy (non-hydrogen) atoms. The fourth-order valence-corrected chi connectivity index (χ4v) is 2.01. The van der Waals surface area contributed by atoms with Crippen molar-refractivity contribution in [3.8, 4) is 0 Å².